The molecule has 0 aliphatic rings. The monoisotopic (exact) mass is 187 g/mol. The lowest BCUT2D eigenvalue weighted by Gasteiger charge is -1.92. The first kappa shape index (κ1) is 8.26. The van der Waals surface area contributed by atoms with Crippen LogP contribution in [0.15, 0.2) is 24.4 Å². The number of carboxylic acids is 1. The zero-order valence-corrected chi connectivity index (χ0v) is 7.01. The third kappa shape index (κ3) is 1.02. The molecule has 0 aromatic carbocycles. The number of carbonyl (C=O) groups is 1. The summed E-state index contributed by atoms with van der Waals surface area (Å²) in [7, 11) is 0. The van der Waals surface area contributed by atoms with Crippen LogP contribution in [0.5, 0.6) is 0 Å². The Balaban J connectivity index is 2.88. The van der Waals surface area contributed by atoms with Crippen molar-refractivity contribution in [1.29, 1.82) is 5.26 Å². The van der Waals surface area contributed by atoms with Gasteiger partial charge in [0, 0.05) is 6.20 Å². The van der Waals surface area contributed by atoms with E-state index in [2.05, 4.69) is 4.98 Å². The molecule has 0 radical (unpaired) electrons. The second kappa shape index (κ2) is 2.85. The van der Waals surface area contributed by atoms with Crippen LogP contribution in [0.2, 0.25) is 0 Å². The molecule has 5 nitrogen and oxygen atoms in total. The molecule has 1 N–H and O–H groups in total. The molecule has 5 heteroatoms. The number of imidazole rings is 1. The van der Waals surface area contributed by atoms with Gasteiger partial charge in [-0.3, -0.25) is 4.40 Å². The summed E-state index contributed by atoms with van der Waals surface area (Å²) in [4.78, 5) is 14.5. The number of nitrogens with zero attached hydrogens (tertiary/aromatic N) is 3. The highest BCUT2D eigenvalue weighted by molar-refractivity contribution is 5.93. The fourth-order valence-corrected chi connectivity index (χ4v) is 1.27. The Morgan fingerprint density at radius 2 is 2.36 bits per heavy atom. The smallest absolute Gasteiger partial charge is 0.356 e. The second-order valence-corrected chi connectivity index (χ2v) is 2.66. The molecule has 0 saturated heterocycles. The summed E-state index contributed by atoms with van der Waals surface area (Å²) < 4.78 is 1.45. The summed E-state index contributed by atoms with van der Waals surface area (Å²) in [5.41, 5.74) is 0.332. The summed E-state index contributed by atoms with van der Waals surface area (Å²) in [5.74, 6) is -1.05. The Morgan fingerprint density at radius 1 is 1.57 bits per heavy atom. The lowest BCUT2D eigenvalue weighted by molar-refractivity contribution is 0.0693. The number of fused-ring (bicyclic) bond motifs is 1. The van der Waals surface area contributed by atoms with Crippen LogP contribution >= 0.6 is 0 Å². The van der Waals surface area contributed by atoms with Crippen molar-refractivity contribution in [3.63, 3.8) is 0 Å². The average Bonchev–Trinajstić information content (AvgIpc) is 2.56. The van der Waals surface area contributed by atoms with Gasteiger partial charge in [-0.1, -0.05) is 6.07 Å². The molecule has 0 bridgehead atoms. The van der Waals surface area contributed by atoms with E-state index in [1.807, 2.05) is 6.07 Å². The molecule has 2 rings (SSSR count). The van der Waals surface area contributed by atoms with Crippen LogP contribution in [0, 0.1) is 11.3 Å². The first-order chi connectivity index (χ1) is 6.74. The van der Waals surface area contributed by atoms with Gasteiger partial charge < -0.3 is 5.11 Å². The highest BCUT2D eigenvalue weighted by Gasteiger charge is 2.15. The minimum atomic E-state index is -1.13. The van der Waals surface area contributed by atoms with Crippen molar-refractivity contribution in [2.45, 2.75) is 0 Å². The normalized spacial score (nSPS) is 9.93. The van der Waals surface area contributed by atoms with Gasteiger partial charge in [0.1, 0.15) is 6.07 Å². The van der Waals surface area contributed by atoms with E-state index in [9.17, 15) is 4.79 Å². The molecule has 0 spiro atoms. The first-order valence-corrected chi connectivity index (χ1v) is 3.84. The van der Waals surface area contributed by atoms with E-state index >= 15 is 0 Å². The van der Waals surface area contributed by atoms with Crippen molar-refractivity contribution in [3.8, 4) is 6.07 Å². The number of pyridine rings is 1. The maximum Gasteiger partial charge on any atom is 0.356 e. The molecule has 0 unspecified atom stereocenters. The van der Waals surface area contributed by atoms with Gasteiger partial charge in [-0.05, 0) is 12.1 Å². The highest BCUT2D eigenvalue weighted by atomic mass is 16.4. The number of hydrogen-bond acceptors (Lipinski definition) is 3. The lowest BCUT2D eigenvalue weighted by Crippen LogP contribution is -1.96. The van der Waals surface area contributed by atoms with Gasteiger partial charge in [-0.25, -0.2) is 9.78 Å². The molecule has 0 aliphatic heterocycles. The van der Waals surface area contributed by atoms with E-state index in [4.69, 9.17) is 10.4 Å². The molecule has 0 amide bonds. The van der Waals surface area contributed by atoms with Crippen molar-refractivity contribution < 1.29 is 9.90 Å². The number of aromatic carboxylic acids is 1. The Morgan fingerprint density at radius 3 is 3.00 bits per heavy atom. The molecular formula is C9H5N3O2. The van der Waals surface area contributed by atoms with Crippen LogP contribution in [-0.2, 0) is 0 Å². The maximum absolute atomic E-state index is 10.8. The van der Waals surface area contributed by atoms with Crippen LogP contribution in [0.1, 0.15) is 16.3 Å². The lowest BCUT2D eigenvalue weighted by atomic mass is 10.3. The quantitative estimate of drug-likeness (QED) is 0.719. The summed E-state index contributed by atoms with van der Waals surface area (Å²) in [6.07, 6.45) is 1.60. The van der Waals surface area contributed by atoms with E-state index in [1.54, 1.807) is 24.4 Å². The SMILES string of the molecule is N#Cc1nc(C(=O)O)c2ccccn12. The molecule has 68 valence electrons. The topological polar surface area (TPSA) is 78.4 Å². The largest absolute Gasteiger partial charge is 0.476 e. The van der Waals surface area contributed by atoms with Crippen LogP contribution < -0.4 is 0 Å². The van der Waals surface area contributed by atoms with Crippen molar-refractivity contribution in [1.82, 2.24) is 9.38 Å². The third-order valence-corrected chi connectivity index (χ3v) is 1.85. The number of hydrogen-bond donors (Lipinski definition) is 1. The molecule has 0 saturated carbocycles. The minimum absolute atomic E-state index is 0.0815. The van der Waals surface area contributed by atoms with Gasteiger partial charge >= 0.3 is 5.97 Å². The maximum atomic E-state index is 10.8. The minimum Gasteiger partial charge on any atom is -0.476 e. The molecule has 2 aromatic rings. The molecule has 0 aliphatic carbocycles. The van der Waals surface area contributed by atoms with E-state index in [-0.39, 0.29) is 11.5 Å². The zero-order valence-electron chi connectivity index (χ0n) is 7.01. The van der Waals surface area contributed by atoms with Crippen LogP contribution in [0.4, 0.5) is 0 Å². The fourth-order valence-electron chi connectivity index (χ4n) is 1.27. The molecular weight excluding hydrogens is 182 g/mol. The predicted molar refractivity (Wildman–Crippen MR) is 46.9 cm³/mol. The van der Waals surface area contributed by atoms with Crippen molar-refractivity contribution >= 4 is 11.5 Å². The number of rotatable bonds is 1. The second-order valence-electron chi connectivity index (χ2n) is 2.66. The Hall–Kier alpha value is -2.35. The van der Waals surface area contributed by atoms with Crippen LogP contribution in [0.25, 0.3) is 5.52 Å². The summed E-state index contributed by atoms with van der Waals surface area (Å²) in [6, 6.07) is 6.85. The van der Waals surface area contributed by atoms with E-state index in [1.165, 1.54) is 4.40 Å². The number of nitriles is 1. The van der Waals surface area contributed by atoms with Gasteiger partial charge in [0.15, 0.2) is 5.69 Å². The Labute approximate surface area is 78.8 Å². The van der Waals surface area contributed by atoms with Gasteiger partial charge in [0.25, 0.3) is 0 Å². The number of aromatic nitrogens is 2. The van der Waals surface area contributed by atoms with Gasteiger partial charge in [0.05, 0.1) is 5.52 Å². The fraction of sp³-hybridized carbons (Fsp3) is 0. The van der Waals surface area contributed by atoms with Gasteiger partial charge in [-0.15, -0.1) is 0 Å². The van der Waals surface area contributed by atoms with Gasteiger partial charge in [-0.2, -0.15) is 5.26 Å². The standard InChI is InChI=1S/C9H5N3O2/c10-5-7-11-8(9(13)14)6-3-1-2-4-12(6)7/h1-4H,(H,13,14). The van der Waals surface area contributed by atoms with Crippen LogP contribution in [0.3, 0.4) is 0 Å². The highest BCUT2D eigenvalue weighted by Crippen LogP contribution is 2.11. The summed E-state index contributed by atoms with van der Waals surface area (Å²) in [6.45, 7) is 0. The van der Waals surface area contributed by atoms with E-state index in [0.29, 0.717) is 5.52 Å². The third-order valence-electron chi connectivity index (χ3n) is 1.85. The van der Waals surface area contributed by atoms with E-state index < -0.39 is 5.97 Å². The first-order valence-electron chi connectivity index (χ1n) is 3.84. The number of carboxylic acid groups (broad SMARTS) is 1. The van der Waals surface area contributed by atoms with E-state index in [0.717, 1.165) is 0 Å². The van der Waals surface area contributed by atoms with Crippen molar-refractivity contribution in [2.24, 2.45) is 0 Å². The molecule has 14 heavy (non-hydrogen) atoms. The predicted octanol–water partition coefficient (Wildman–Crippen LogP) is 0.904. The molecule has 2 heterocycles. The molecule has 2 aromatic heterocycles. The summed E-state index contributed by atoms with van der Waals surface area (Å²) in [5, 5.41) is 17.5. The average molecular weight is 187 g/mol. The molecule has 0 atom stereocenters. The van der Waals surface area contributed by atoms with Crippen molar-refractivity contribution in [2.75, 3.05) is 0 Å². The van der Waals surface area contributed by atoms with Gasteiger partial charge in [0.2, 0.25) is 5.82 Å². The zero-order chi connectivity index (χ0) is 10.1. The Kier molecular flexibility index (Phi) is 1.68. The van der Waals surface area contributed by atoms with Crippen molar-refractivity contribution in [3.05, 3.63) is 35.9 Å². The van der Waals surface area contributed by atoms with Crippen LogP contribution in [-0.4, -0.2) is 20.5 Å². The summed E-state index contributed by atoms with van der Waals surface area (Å²) >= 11 is 0. The molecule has 0 fully saturated rings. The Bertz CT molecular complexity index is 551.